The third-order valence-corrected chi connectivity index (χ3v) is 5.85. The number of halogens is 2. The third-order valence-electron chi connectivity index (χ3n) is 5.55. The molecule has 158 valence electrons. The Balaban J connectivity index is 1.54. The van der Waals surface area contributed by atoms with E-state index < -0.39 is 5.72 Å². The molecule has 1 atom stereocenters. The van der Waals surface area contributed by atoms with Gasteiger partial charge in [-0.1, -0.05) is 29.8 Å². The van der Waals surface area contributed by atoms with Gasteiger partial charge in [0.25, 0.3) is 0 Å². The first-order valence-corrected chi connectivity index (χ1v) is 10.1. The molecule has 0 spiro atoms. The zero-order valence-corrected chi connectivity index (χ0v) is 17.4. The van der Waals surface area contributed by atoms with Crippen molar-refractivity contribution in [1.29, 1.82) is 0 Å². The van der Waals surface area contributed by atoms with E-state index in [4.69, 9.17) is 17.3 Å². The van der Waals surface area contributed by atoms with Crippen LogP contribution in [-0.2, 0) is 0 Å². The summed E-state index contributed by atoms with van der Waals surface area (Å²) in [6.45, 7) is 3.08. The van der Waals surface area contributed by atoms with Crippen molar-refractivity contribution >= 4 is 34.4 Å². The quantitative estimate of drug-likeness (QED) is 0.642. The fraction of sp³-hybridized carbons (Fsp3) is 0.333. The van der Waals surface area contributed by atoms with Gasteiger partial charge in [0, 0.05) is 43.9 Å². The standard InChI is InChI=1S/C21H24ClFN6O/c1-28-7-9-29(10-8-28)21(30)6-5-16(17(23)12-21)14-3-2-4-15(11-14)27-20-18(24)19(22)25-13-26-20/h2-6,11,13,30H,7-10,12,24H2,1H3,(H,25,26,27). The highest BCUT2D eigenvalue weighted by Gasteiger charge is 2.37. The van der Waals surface area contributed by atoms with E-state index in [1.165, 1.54) is 6.33 Å². The Bertz CT molecular complexity index is 1000. The molecule has 2 aliphatic rings. The molecule has 1 fully saturated rings. The first-order chi connectivity index (χ1) is 14.4. The maximum absolute atomic E-state index is 15.1. The van der Waals surface area contributed by atoms with Crippen LogP contribution in [0, 0.1) is 0 Å². The number of piperazine rings is 1. The zero-order valence-electron chi connectivity index (χ0n) is 16.6. The Labute approximate surface area is 179 Å². The van der Waals surface area contributed by atoms with Crippen LogP contribution >= 0.6 is 11.6 Å². The summed E-state index contributed by atoms with van der Waals surface area (Å²) in [4.78, 5) is 12.0. The molecule has 1 unspecified atom stereocenters. The minimum absolute atomic E-state index is 0.0747. The van der Waals surface area contributed by atoms with E-state index in [-0.39, 0.29) is 23.1 Å². The number of hydrogen-bond acceptors (Lipinski definition) is 7. The molecule has 1 aliphatic heterocycles. The zero-order chi connectivity index (χ0) is 21.3. The van der Waals surface area contributed by atoms with Gasteiger partial charge in [0.1, 0.15) is 23.6 Å². The Morgan fingerprint density at radius 2 is 2.00 bits per heavy atom. The van der Waals surface area contributed by atoms with Crippen molar-refractivity contribution in [2.24, 2.45) is 0 Å². The molecule has 7 nitrogen and oxygen atoms in total. The number of nitrogens with two attached hydrogens (primary N) is 1. The molecule has 4 rings (SSSR count). The molecule has 30 heavy (non-hydrogen) atoms. The predicted octanol–water partition coefficient (Wildman–Crippen LogP) is 3.03. The van der Waals surface area contributed by atoms with Crippen molar-refractivity contribution in [2.75, 3.05) is 44.3 Å². The molecular weight excluding hydrogens is 407 g/mol. The number of allylic oxidation sites excluding steroid dienone is 2. The van der Waals surface area contributed by atoms with E-state index in [2.05, 4.69) is 20.2 Å². The highest BCUT2D eigenvalue weighted by molar-refractivity contribution is 6.32. The van der Waals surface area contributed by atoms with Crippen LogP contribution in [0.5, 0.6) is 0 Å². The molecule has 1 aromatic heterocycles. The number of nitrogens with one attached hydrogen (secondary N) is 1. The molecule has 1 aromatic carbocycles. The molecule has 0 radical (unpaired) electrons. The summed E-state index contributed by atoms with van der Waals surface area (Å²) in [5, 5.41) is 14.3. The van der Waals surface area contributed by atoms with Gasteiger partial charge in [0.15, 0.2) is 11.0 Å². The normalized spacial score (nSPS) is 23.1. The maximum Gasteiger partial charge on any atom is 0.158 e. The second-order valence-electron chi connectivity index (χ2n) is 7.63. The van der Waals surface area contributed by atoms with Crippen LogP contribution < -0.4 is 11.1 Å². The van der Waals surface area contributed by atoms with Gasteiger partial charge in [-0.15, -0.1) is 0 Å². The number of aliphatic hydroxyl groups is 1. The average Bonchev–Trinajstić information content (AvgIpc) is 2.72. The largest absolute Gasteiger partial charge is 0.393 e. The fourth-order valence-corrected chi connectivity index (χ4v) is 3.86. The first-order valence-electron chi connectivity index (χ1n) is 9.73. The van der Waals surface area contributed by atoms with E-state index in [0.717, 1.165) is 13.1 Å². The Morgan fingerprint density at radius 1 is 1.23 bits per heavy atom. The first kappa shape index (κ1) is 20.7. The summed E-state index contributed by atoms with van der Waals surface area (Å²) in [7, 11) is 2.04. The minimum atomic E-state index is -1.29. The predicted molar refractivity (Wildman–Crippen MR) is 117 cm³/mol. The second kappa shape index (κ2) is 8.31. The van der Waals surface area contributed by atoms with Crippen LogP contribution in [-0.4, -0.2) is 63.8 Å². The topological polar surface area (TPSA) is 90.5 Å². The van der Waals surface area contributed by atoms with E-state index >= 15 is 4.39 Å². The van der Waals surface area contributed by atoms with Crippen molar-refractivity contribution in [3.8, 4) is 0 Å². The lowest BCUT2D eigenvalue weighted by molar-refractivity contribution is -0.0875. The number of nitrogen functional groups attached to an aromatic ring is 1. The molecular formula is C21H24ClFN6O. The van der Waals surface area contributed by atoms with Gasteiger partial charge < -0.3 is 21.1 Å². The minimum Gasteiger partial charge on any atom is -0.393 e. The van der Waals surface area contributed by atoms with E-state index in [9.17, 15) is 5.11 Å². The summed E-state index contributed by atoms with van der Waals surface area (Å²) >= 11 is 5.94. The van der Waals surface area contributed by atoms with Gasteiger partial charge >= 0.3 is 0 Å². The molecule has 2 aromatic rings. The van der Waals surface area contributed by atoms with Gasteiger partial charge in [-0.3, -0.25) is 4.90 Å². The van der Waals surface area contributed by atoms with Crippen molar-refractivity contribution in [2.45, 2.75) is 12.1 Å². The number of rotatable bonds is 4. The van der Waals surface area contributed by atoms with Crippen LogP contribution in [0.3, 0.4) is 0 Å². The smallest absolute Gasteiger partial charge is 0.158 e. The molecule has 4 N–H and O–H groups in total. The lowest BCUT2D eigenvalue weighted by Crippen LogP contribution is -2.56. The number of nitrogens with zero attached hydrogens (tertiary/aromatic N) is 4. The van der Waals surface area contributed by atoms with Crippen LogP contribution in [0.15, 0.2) is 48.6 Å². The number of likely N-dealkylation sites (N-methyl/N-ethyl adjacent to an activating group) is 1. The van der Waals surface area contributed by atoms with E-state index in [1.807, 2.05) is 30.1 Å². The van der Waals surface area contributed by atoms with Crippen molar-refractivity contribution in [3.05, 3.63) is 59.3 Å². The molecule has 0 amide bonds. The molecule has 0 saturated carbocycles. The van der Waals surface area contributed by atoms with E-state index in [0.29, 0.717) is 35.7 Å². The molecule has 2 heterocycles. The summed E-state index contributed by atoms with van der Waals surface area (Å²) in [6.07, 6.45) is 4.59. The summed E-state index contributed by atoms with van der Waals surface area (Å²) < 4.78 is 15.1. The number of benzene rings is 1. The fourth-order valence-electron chi connectivity index (χ4n) is 3.73. The third kappa shape index (κ3) is 4.17. The van der Waals surface area contributed by atoms with Gasteiger partial charge in [0.05, 0.1) is 0 Å². The monoisotopic (exact) mass is 430 g/mol. The second-order valence-corrected chi connectivity index (χ2v) is 7.99. The Kier molecular flexibility index (Phi) is 5.75. The highest BCUT2D eigenvalue weighted by Crippen LogP contribution is 2.36. The van der Waals surface area contributed by atoms with Crippen LogP contribution in [0.25, 0.3) is 5.57 Å². The van der Waals surface area contributed by atoms with Crippen molar-refractivity contribution in [3.63, 3.8) is 0 Å². The molecule has 0 bridgehead atoms. The molecule has 9 heteroatoms. The summed E-state index contributed by atoms with van der Waals surface area (Å²) in [5.74, 6) is 0.0332. The van der Waals surface area contributed by atoms with Crippen LogP contribution in [0.1, 0.15) is 12.0 Å². The van der Waals surface area contributed by atoms with E-state index in [1.54, 1.807) is 18.2 Å². The summed E-state index contributed by atoms with van der Waals surface area (Å²) in [5.41, 5.74) is 6.67. The lowest BCUT2D eigenvalue weighted by atomic mass is 9.92. The van der Waals surface area contributed by atoms with Gasteiger partial charge in [-0.25, -0.2) is 14.4 Å². The highest BCUT2D eigenvalue weighted by atomic mass is 35.5. The number of aromatic nitrogens is 2. The summed E-state index contributed by atoms with van der Waals surface area (Å²) in [6, 6.07) is 7.26. The molecule has 1 aliphatic carbocycles. The SMILES string of the molecule is CN1CCN(C2(O)C=CC(c3cccc(Nc4ncnc(Cl)c4N)c3)=C(F)C2)CC1. The van der Waals surface area contributed by atoms with Crippen molar-refractivity contribution in [1.82, 2.24) is 19.8 Å². The van der Waals surface area contributed by atoms with Crippen molar-refractivity contribution < 1.29 is 9.50 Å². The number of hydrogen-bond donors (Lipinski definition) is 3. The van der Waals surface area contributed by atoms with Crippen LogP contribution in [0.2, 0.25) is 5.15 Å². The Morgan fingerprint density at radius 3 is 2.73 bits per heavy atom. The van der Waals surface area contributed by atoms with Crippen LogP contribution in [0.4, 0.5) is 21.6 Å². The molecule has 1 saturated heterocycles. The number of anilines is 3. The van der Waals surface area contributed by atoms with Gasteiger partial charge in [-0.2, -0.15) is 0 Å². The van der Waals surface area contributed by atoms with Gasteiger partial charge in [0.2, 0.25) is 0 Å². The average molecular weight is 431 g/mol. The maximum atomic E-state index is 15.1. The van der Waals surface area contributed by atoms with Gasteiger partial charge in [-0.05, 0) is 30.8 Å². The Hall–Kier alpha value is -2.52. The lowest BCUT2D eigenvalue weighted by Gasteiger charge is -2.43.